The van der Waals surface area contributed by atoms with Crippen molar-refractivity contribution in [1.82, 2.24) is 10.2 Å². The van der Waals surface area contributed by atoms with Crippen LogP contribution in [0.1, 0.15) is 11.1 Å². The SMILES string of the molecule is O=C1Nc2ccccc2C(c2ccccc2)=N[C@@H]1Nc1nnc(-c2ccc3ccccc3c2)o1. The van der Waals surface area contributed by atoms with E-state index in [4.69, 9.17) is 9.41 Å². The molecule has 5 aromatic rings. The number of carbonyl (C=O) groups is 1. The van der Waals surface area contributed by atoms with Gasteiger partial charge in [-0.25, -0.2) is 4.99 Å². The maximum Gasteiger partial charge on any atom is 0.317 e. The number of rotatable bonds is 4. The standard InChI is InChI=1S/C27H19N5O2/c33-25-24(29-23(18-9-2-1-3-10-18)21-12-6-7-13-22(21)28-25)30-27-32-31-26(34-27)20-15-14-17-8-4-5-11-19(17)16-20/h1-16,24H,(H,28,33)(H,30,32)/t24-/m1/s1. The van der Waals surface area contributed by atoms with Gasteiger partial charge in [0.25, 0.3) is 5.91 Å². The molecule has 1 atom stereocenters. The second-order valence-corrected chi connectivity index (χ2v) is 7.90. The molecule has 6 rings (SSSR count). The fourth-order valence-electron chi connectivity index (χ4n) is 4.02. The number of benzene rings is 4. The number of hydrogen-bond donors (Lipinski definition) is 2. The highest BCUT2D eigenvalue weighted by Crippen LogP contribution is 2.27. The molecule has 1 aliphatic rings. The Labute approximate surface area is 195 Å². The summed E-state index contributed by atoms with van der Waals surface area (Å²) in [5.41, 5.74) is 3.93. The van der Waals surface area contributed by atoms with E-state index in [1.165, 1.54) is 0 Å². The summed E-state index contributed by atoms with van der Waals surface area (Å²) in [6.07, 6.45) is -0.951. The van der Waals surface area contributed by atoms with Crippen LogP contribution in [0.2, 0.25) is 0 Å². The van der Waals surface area contributed by atoms with Crippen LogP contribution in [0.3, 0.4) is 0 Å². The van der Waals surface area contributed by atoms with Crippen LogP contribution in [0.25, 0.3) is 22.2 Å². The fraction of sp³-hybridized carbons (Fsp3) is 0.0370. The van der Waals surface area contributed by atoms with E-state index in [-0.39, 0.29) is 11.9 Å². The van der Waals surface area contributed by atoms with Gasteiger partial charge in [0.15, 0.2) is 0 Å². The number of anilines is 2. The summed E-state index contributed by atoms with van der Waals surface area (Å²) in [5, 5.41) is 16.4. The number of hydrogen-bond acceptors (Lipinski definition) is 6. The second kappa shape index (κ2) is 8.29. The third kappa shape index (κ3) is 3.69. The van der Waals surface area contributed by atoms with Crippen molar-refractivity contribution in [1.29, 1.82) is 0 Å². The summed E-state index contributed by atoms with van der Waals surface area (Å²) in [7, 11) is 0. The van der Waals surface area contributed by atoms with Crippen LogP contribution in [0.5, 0.6) is 0 Å². The zero-order valence-electron chi connectivity index (χ0n) is 18.0. The Hall–Kier alpha value is -4.78. The van der Waals surface area contributed by atoms with Crippen molar-refractivity contribution >= 4 is 34.1 Å². The molecule has 0 spiro atoms. The highest BCUT2D eigenvalue weighted by Gasteiger charge is 2.27. The highest BCUT2D eigenvalue weighted by molar-refractivity contribution is 6.19. The maximum atomic E-state index is 13.0. The monoisotopic (exact) mass is 445 g/mol. The van der Waals surface area contributed by atoms with Crippen molar-refractivity contribution in [3.63, 3.8) is 0 Å². The molecule has 7 nitrogen and oxygen atoms in total. The van der Waals surface area contributed by atoms with Gasteiger partial charge in [-0.1, -0.05) is 84.0 Å². The first-order valence-electron chi connectivity index (χ1n) is 10.9. The van der Waals surface area contributed by atoms with Crippen molar-refractivity contribution in [2.24, 2.45) is 4.99 Å². The summed E-state index contributed by atoms with van der Waals surface area (Å²) in [4.78, 5) is 17.8. The van der Waals surface area contributed by atoms with E-state index in [2.05, 4.69) is 20.8 Å². The van der Waals surface area contributed by atoms with Gasteiger partial charge in [0, 0.05) is 16.7 Å². The van der Waals surface area contributed by atoms with Crippen LogP contribution >= 0.6 is 0 Å². The van der Waals surface area contributed by atoms with Gasteiger partial charge in [0.1, 0.15) is 0 Å². The molecule has 1 amide bonds. The lowest BCUT2D eigenvalue weighted by atomic mass is 10.0. The van der Waals surface area contributed by atoms with E-state index in [1.54, 1.807) is 0 Å². The molecule has 0 saturated heterocycles. The number of aromatic nitrogens is 2. The highest BCUT2D eigenvalue weighted by atomic mass is 16.4. The first-order valence-corrected chi connectivity index (χ1v) is 10.9. The van der Waals surface area contributed by atoms with Crippen LogP contribution in [0.15, 0.2) is 106 Å². The van der Waals surface area contributed by atoms with Gasteiger partial charge in [-0.3, -0.25) is 4.79 Å². The molecule has 0 bridgehead atoms. The molecule has 0 fully saturated rings. The molecule has 164 valence electrons. The third-order valence-corrected chi connectivity index (χ3v) is 5.68. The maximum absolute atomic E-state index is 13.0. The number of aliphatic imine (C=N–C) groups is 1. The molecule has 34 heavy (non-hydrogen) atoms. The molecular formula is C27H19N5O2. The predicted molar refractivity (Wildman–Crippen MR) is 132 cm³/mol. The van der Waals surface area contributed by atoms with Crippen molar-refractivity contribution in [3.8, 4) is 11.5 Å². The number of benzodiazepines with no additional fused rings is 1. The Bertz CT molecular complexity index is 1540. The Morgan fingerprint density at radius 2 is 1.53 bits per heavy atom. The lowest BCUT2D eigenvalue weighted by Gasteiger charge is -2.11. The van der Waals surface area contributed by atoms with Crippen molar-refractivity contribution < 1.29 is 9.21 Å². The number of nitrogens with zero attached hydrogens (tertiary/aromatic N) is 3. The molecule has 2 N–H and O–H groups in total. The van der Waals surface area contributed by atoms with Gasteiger partial charge < -0.3 is 15.1 Å². The minimum Gasteiger partial charge on any atom is -0.403 e. The molecule has 4 aromatic carbocycles. The van der Waals surface area contributed by atoms with Crippen molar-refractivity contribution in [2.45, 2.75) is 6.17 Å². The van der Waals surface area contributed by atoms with Gasteiger partial charge in [-0.15, -0.1) is 5.10 Å². The van der Waals surface area contributed by atoms with Crippen LogP contribution in [-0.2, 0) is 4.79 Å². The first-order chi connectivity index (χ1) is 16.7. The molecule has 0 radical (unpaired) electrons. The predicted octanol–water partition coefficient (Wildman–Crippen LogP) is 5.12. The van der Waals surface area contributed by atoms with E-state index < -0.39 is 6.17 Å². The second-order valence-electron chi connectivity index (χ2n) is 7.90. The molecule has 0 aliphatic carbocycles. The number of para-hydroxylation sites is 1. The average molecular weight is 445 g/mol. The lowest BCUT2D eigenvalue weighted by Crippen LogP contribution is -2.32. The summed E-state index contributed by atoms with van der Waals surface area (Å²) >= 11 is 0. The first kappa shape index (κ1) is 19.9. The largest absolute Gasteiger partial charge is 0.403 e. The normalized spacial score (nSPS) is 15.2. The summed E-state index contributed by atoms with van der Waals surface area (Å²) in [5.74, 6) is 0.0432. The molecular weight excluding hydrogens is 426 g/mol. The number of fused-ring (bicyclic) bond motifs is 2. The molecule has 0 saturated carbocycles. The molecule has 1 aliphatic heterocycles. The fourth-order valence-corrected chi connectivity index (χ4v) is 4.02. The topological polar surface area (TPSA) is 92.4 Å². The summed E-state index contributed by atoms with van der Waals surface area (Å²) in [6, 6.07) is 31.5. The Morgan fingerprint density at radius 3 is 2.41 bits per heavy atom. The molecule has 1 aromatic heterocycles. The Morgan fingerprint density at radius 1 is 0.765 bits per heavy atom. The van der Waals surface area contributed by atoms with E-state index in [0.717, 1.165) is 27.5 Å². The number of amides is 1. The van der Waals surface area contributed by atoms with E-state index in [0.29, 0.717) is 17.3 Å². The summed E-state index contributed by atoms with van der Waals surface area (Å²) < 4.78 is 5.85. The van der Waals surface area contributed by atoms with Crippen LogP contribution < -0.4 is 10.6 Å². The minimum atomic E-state index is -0.951. The van der Waals surface area contributed by atoms with Gasteiger partial charge in [-0.2, -0.15) is 0 Å². The average Bonchev–Trinajstić information content (AvgIpc) is 3.30. The van der Waals surface area contributed by atoms with E-state index in [9.17, 15) is 4.79 Å². The van der Waals surface area contributed by atoms with Crippen LogP contribution in [0, 0.1) is 0 Å². The zero-order chi connectivity index (χ0) is 22.9. The Balaban J connectivity index is 1.34. The van der Waals surface area contributed by atoms with Crippen LogP contribution in [0.4, 0.5) is 11.7 Å². The smallest absolute Gasteiger partial charge is 0.317 e. The van der Waals surface area contributed by atoms with Crippen molar-refractivity contribution in [2.75, 3.05) is 10.6 Å². The van der Waals surface area contributed by atoms with E-state index in [1.807, 2.05) is 97.1 Å². The Kier molecular flexibility index (Phi) is 4.85. The van der Waals surface area contributed by atoms with Gasteiger partial charge >= 0.3 is 6.01 Å². The van der Waals surface area contributed by atoms with E-state index >= 15 is 0 Å². The van der Waals surface area contributed by atoms with Gasteiger partial charge in [0.2, 0.25) is 12.1 Å². The van der Waals surface area contributed by atoms with Crippen molar-refractivity contribution in [3.05, 3.63) is 108 Å². The summed E-state index contributed by atoms with van der Waals surface area (Å²) in [6.45, 7) is 0. The minimum absolute atomic E-state index is 0.116. The molecule has 7 heteroatoms. The van der Waals surface area contributed by atoms with Gasteiger partial charge in [0.05, 0.1) is 11.4 Å². The quantitative estimate of drug-likeness (QED) is 0.401. The number of nitrogens with one attached hydrogen (secondary N) is 2. The zero-order valence-corrected chi connectivity index (χ0v) is 18.0. The number of carbonyl (C=O) groups excluding carboxylic acids is 1. The lowest BCUT2D eigenvalue weighted by molar-refractivity contribution is -0.116. The molecule has 2 heterocycles. The van der Waals surface area contributed by atoms with Crippen LogP contribution in [-0.4, -0.2) is 28.0 Å². The third-order valence-electron chi connectivity index (χ3n) is 5.68. The van der Waals surface area contributed by atoms with Gasteiger partial charge in [-0.05, 0) is 29.0 Å². The molecule has 0 unspecified atom stereocenters.